The van der Waals surface area contributed by atoms with E-state index in [0.29, 0.717) is 22.1 Å². The number of anilines is 1. The minimum Gasteiger partial charge on any atom is -0.381 e. The number of amides is 3. The highest BCUT2D eigenvalue weighted by atomic mass is 35.5. The number of benzene rings is 1. The summed E-state index contributed by atoms with van der Waals surface area (Å²) in [6, 6.07) is 6.47. The van der Waals surface area contributed by atoms with Crippen molar-refractivity contribution in [3.05, 3.63) is 65.5 Å². The first kappa shape index (κ1) is 37.0. The molecule has 222 valence electrons. The molecule has 1 aromatic carbocycles. The third-order valence-corrected chi connectivity index (χ3v) is 5.55. The quantitative estimate of drug-likeness (QED) is 0.138. The first-order chi connectivity index (χ1) is 18.9. The van der Waals surface area contributed by atoms with Crippen molar-refractivity contribution in [1.82, 2.24) is 10.2 Å². The van der Waals surface area contributed by atoms with Crippen LogP contribution in [0.25, 0.3) is 0 Å². The van der Waals surface area contributed by atoms with Crippen molar-refractivity contribution in [2.24, 2.45) is 0 Å². The third-order valence-electron chi connectivity index (χ3n) is 5.32. The van der Waals surface area contributed by atoms with Gasteiger partial charge in [-0.3, -0.25) is 14.6 Å². The Kier molecular flexibility index (Phi) is 19.3. The summed E-state index contributed by atoms with van der Waals surface area (Å²) in [6.45, 7) is 18.0. The number of likely N-dealkylation sites (N-methyl/N-ethyl adjacent to an activating group) is 1. The summed E-state index contributed by atoms with van der Waals surface area (Å²) >= 11 is 6.18. The van der Waals surface area contributed by atoms with E-state index in [4.69, 9.17) is 22.8 Å². The first-order valence-electron chi connectivity index (χ1n) is 14.1. The number of carbonyl (C=O) groups excluding carboxylic acids is 2. The Morgan fingerprint density at radius 3 is 2.30 bits per heavy atom. The van der Waals surface area contributed by atoms with Crippen LogP contribution in [0.15, 0.2) is 60.5 Å². The lowest BCUT2D eigenvalue weighted by Crippen LogP contribution is -2.44. The Bertz CT molecular complexity index is 1010. The monoisotopic (exact) mass is 571 g/mol. The van der Waals surface area contributed by atoms with Gasteiger partial charge in [-0.05, 0) is 70.7 Å². The highest BCUT2D eigenvalue weighted by Gasteiger charge is 2.26. The van der Waals surface area contributed by atoms with Crippen LogP contribution in [0, 0.1) is 12.3 Å². The number of allylic oxidation sites excluding steroid dienone is 3. The number of hydrogen-bond donors (Lipinski definition) is 1. The average Bonchev–Trinajstić information content (AvgIpc) is 2.87. The van der Waals surface area contributed by atoms with Gasteiger partial charge in [-0.2, -0.15) is 0 Å². The van der Waals surface area contributed by atoms with Crippen LogP contribution in [-0.4, -0.2) is 42.6 Å². The van der Waals surface area contributed by atoms with Crippen molar-refractivity contribution in [3.8, 4) is 12.3 Å². The molecule has 1 rings (SSSR count). The van der Waals surface area contributed by atoms with Gasteiger partial charge in [0.25, 0.3) is 0 Å². The number of halogens is 1. The summed E-state index contributed by atoms with van der Waals surface area (Å²) in [5.41, 5.74) is 1.00. The normalized spacial score (nSPS) is 11.3. The lowest BCUT2D eigenvalue weighted by atomic mass is 10.1. The number of hydrogen-bond acceptors (Lipinski definition) is 3. The van der Waals surface area contributed by atoms with Crippen LogP contribution < -0.4 is 10.2 Å². The van der Waals surface area contributed by atoms with E-state index in [2.05, 4.69) is 38.6 Å². The topological polar surface area (TPSA) is 61.9 Å². The Labute approximate surface area is 248 Å². The number of terminal acetylenes is 1. The number of nitrogens with zero attached hydrogens (tertiary/aromatic N) is 2. The van der Waals surface area contributed by atoms with E-state index in [0.717, 1.165) is 51.7 Å². The number of ether oxygens (including phenoxy) is 1. The maximum atomic E-state index is 13.6. The van der Waals surface area contributed by atoms with Gasteiger partial charge in [-0.15, -0.1) is 6.42 Å². The summed E-state index contributed by atoms with van der Waals surface area (Å²) in [6.07, 6.45) is 17.4. The molecular formula is C33H50ClN3O3. The molecule has 6 nitrogen and oxygen atoms in total. The van der Waals surface area contributed by atoms with Crippen molar-refractivity contribution in [1.29, 1.82) is 0 Å². The molecule has 40 heavy (non-hydrogen) atoms. The molecular weight excluding hydrogens is 522 g/mol. The highest BCUT2D eigenvalue weighted by Crippen LogP contribution is 2.26. The van der Waals surface area contributed by atoms with Crippen LogP contribution in [0.3, 0.4) is 0 Å². The van der Waals surface area contributed by atoms with E-state index in [-0.39, 0.29) is 12.3 Å². The molecule has 0 atom stereocenters. The Hall–Kier alpha value is -3.01. The summed E-state index contributed by atoms with van der Waals surface area (Å²) in [4.78, 5) is 29.0. The van der Waals surface area contributed by atoms with Crippen molar-refractivity contribution in [3.63, 3.8) is 0 Å². The van der Waals surface area contributed by atoms with Gasteiger partial charge in [0, 0.05) is 42.6 Å². The van der Waals surface area contributed by atoms with Crippen molar-refractivity contribution in [2.45, 2.75) is 92.0 Å². The van der Waals surface area contributed by atoms with Crippen molar-refractivity contribution >= 4 is 29.2 Å². The second-order valence-electron chi connectivity index (χ2n) is 10.4. The zero-order chi connectivity index (χ0) is 30.6. The molecule has 1 aromatic rings. The largest absolute Gasteiger partial charge is 0.381 e. The molecule has 0 radical (unpaired) electrons. The van der Waals surface area contributed by atoms with Crippen LogP contribution in [0.4, 0.5) is 10.5 Å². The zero-order valence-electron chi connectivity index (χ0n) is 25.7. The summed E-state index contributed by atoms with van der Waals surface area (Å²) < 4.78 is 5.13. The fourth-order valence-electron chi connectivity index (χ4n) is 3.48. The number of nitrogens with one attached hydrogen (secondary N) is 1. The molecule has 0 saturated carbocycles. The second kappa shape index (κ2) is 20.8. The van der Waals surface area contributed by atoms with E-state index >= 15 is 0 Å². The van der Waals surface area contributed by atoms with E-state index in [1.807, 2.05) is 32.9 Å². The molecule has 0 fully saturated rings. The minimum absolute atomic E-state index is 0.0512. The fraction of sp³-hybridized carbons (Fsp3) is 0.515. The van der Waals surface area contributed by atoms with Gasteiger partial charge < -0.3 is 10.1 Å². The first-order valence-corrected chi connectivity index (χ1v) is 14.5. The van der Waals surface area contributed by atoms with Gasteiger partial charge >= 0.3 is 6.03 Å². The van der Waals surface area contributed by atoms with Crippen molar-refractivity contribution in [2.75, 3.05) is 25.2 Å². The second-order valence-corrected chi connectivity index (χ2v) is 10.9. The van der Waals surface area contributed by atoms with E-state index in [1.165, 1.54) is 9.80 Å². The molecule has 0 aliphatic rings. The van der Waals surface area contributed by atoms with Gasteiger partial charge in [0.1, 0.15) is 0 Å². The van der Waals surface area contributed by atoms with E-state index in [9.17, 15) is 9.59 Å². The summed E-state index contributed by atoms with van der Waals surface area (Å²) in [5, 5.41) is 3.36. The molecule has 0 bridgehead atoms. The van der Waals surface area contributed by atoms with Crippen LogP contribution in [0.2, 0.25) is 5.02 Å². The SMILES string of the molecule is C#C/C=C(\C=C/CCCCC)N(C)C(=O)N(C(=C)CC(=O)NC(C)(C)C)c1cccc(Cl)c1.CCCOCCC. The third kappa shape index (κ3) is 16.2. The lowest BCUT2D eigenvalue weighted by molar-refractivity contribution is -0.121. The number of rotatable bonds is 14. The van der Waals surface area contributed by atoms with E-state index < -0.39 is 11.6 Å². The Balaban J connectivity index is 0.00000191. The fourth-order valence-corrected chi connectivity index (χ4v) is 3.66. The van der Waals surface area contributed by atoms with Gasteiger partial charge in [0.05, 0.1) is 17.8 Å². The minimum atomic E-state index is -0.398. The van der Waals surface area contributed by atoms with E-state index in [1.54, 1.807) is 37.4 Å². The molecule has 0 unspecified atom stereocenters. The van der Waals surface area contributed by atoms with Gasteiger partial charge in [0.15, 0.2) is 0 Å². The van der Waals surface area contributed by atoms with Crippen LogP contribution in [-0.2, 0) is 9.53 Å². The molecule has 0 saturated heterocycles. The van der Waals surface area contributed by atoms with Gasteiger partial charge in [-0.1, -0.05) is 69.9 Å². The van der Waals surface area contributed by atoms with Crippen LogP contribution >= 0.6 is 11.6 Å². The number of urea groups is 1. The Morgan fingerprint density at radius 1 is 1.12 bits per heavy atom. The summed E-state index contributed by atoms with van der Waals surface area (Å²) in [7, 11) is 1.64. The van der Waals surface area contributed by atoms with Crippen LogP contribution in [0.1, 0.15) is 86.5 Å². The standard InChI is InChI=1S/C27H36ClN3O2.C6H14O/c1-8-10-11-12-13-17-23(15-9-2)30(7)26(33)31(24-18-14-16-22(28)20-24)21(3)19-25(32)29-27(4,5)6;1-3-5-7-6-4-2/h2,13-18,20H,3,8,10-12,19H2,1,4-7H3,(H,29,32);3-6H2,1-2H3/b17-13-,23-15+;. The molecule has 0 spiro atoms. The molecule has 7 heteroatoms. The average molecular weight is 572 g/mol. The molecule has 0 aromatic heterocycles. The zero-order valence-corrected chi connectivity index (χ0v) is 26.4. The molecule has 3 amide bonds. The predicted octanol–water partition coefficient (Wildman–Crippen LogP) is 8.49. The smallest absolute Gasteiger partial charge is 0.333 e. The highest BCUT2D eigenvalue weighted by molar-refractivity contribution is 6.31. The van der Waals surface area contributed by atoms with Crippen LogP contribution in [0.5, 0.6) is 0 Å². The number of carbonyl (C=O) groups is 2. The number of unbranched alkanes of at least 4 members (excludes halogenated alkanes) is 3. The molecule has 0 heterocycles. The van der Waals surface area contributed by atoms with Crippen molar-refractivity contribution < 1.29 is 14.3 Å². The molecule has 1 N–H and O–H groups in total. The maximum Gasteiger partial charge on any atom is 0.333 e. The molecule has 0 aliphatic carbocycles. The van der Waals surface area contributed by atoms with Gasteiger partial charge in [-0.25, -0.2) is 4.79 Å². The molecule has 0 aliphatic heterocycles. The summed E-state index contributed by atoms with van der Waals surface area (Å²) in [5.74, 6) is 2.27. The lowest BCUT2D eigenvalue weighted by Gasteiger charge is -2.30. The van der Waals surface area contributed by atoms with Gasteiger partial charge in [0.2, 0.25) is 5.91 Å². The predicted molar refractivity (Wildman–Crippen MR) is 170 cm³/mol. The maximum absolute atomic E-state index is 13.6. The Morgan fingerprint density at radius 2 is 1.77 bits per heavy atom.